The number of nitriles is 1. The Morgan fingerprint density at radius 2 is 1.85 bits per heavy atom. The van der Waals surface area contributed by atoms with Crippen LogP contribution in [0.4, 0.5) is 5.69 Å². The summed E-state index contributed by atoms with van der Waals surface area (Å²) < 4.78 is 32.9. The fourth-order valence-electron chi connectivity index (χ4n) is 3.03. The van der Waals surface area contributed by atoms with Crippen molar-refractivity contribution in [1.82, 2.24) is 5.43 Å². The van der Waals surface area contributed by atoms with Gasteiger partial charge in [0.15, 0.2) is 6.61 Å². The maximum Gasteiger partial charge on any atom is 0.264 e. The molecule has 0 heterocycles. The van der Waals surface area contributed by atoms with Crippen molar-refractivity contribution in [3.8, 4) is 11.8 Å². The summed E-state index contributed by atoms with van der Waals surface area (Å²) in [6, 6.07) is 21.2. The number of nitrogens with zero attached hydrogens (tertiary/aromatic N) is 3. The molecule has 0 fully saturated rings. The molecule has 8 nitrogen and oxygen atoms in total. The van der Waals surface area contributed by atoms with E-state index in [-0.39, 0.29) is 11.5 Å². The van der Waals surface area contributed by atoms with E-state index >= 15 is 0 Å². The third kappa shape index (κ3) is 6.34. The van der Waals surface area contributed by atoms with Crippen molar-refractivity contribution in [2.45, 2.75) is 11.8 Å². The predicted molar refractivity (Wildman–Crippen MR) is 130 cm³/mol. The summed E-state index contributed by atoms with van der Waals surface area (Å²) in [7, 11) is -4.03. The highest BCUT2D eigenvalue weighted by atomic mass is 35.5. The standard InChI is InChI=1S/C24H21ClN4O4S/c1-18-15-20(25)9-12-23(18)29(34(31,32)22-5-3-2-4-6-22)17-24(30)28-27-16-19-7-10-21(11-8-19)33-14-13-26/h2-12,15-16H,14,17H2,1H3,(H,28,30)/b27-16-. The second-order valence-electron chi connectivity index (χ2n) is 7.06. The normalized spacial score (nSPS) is 11.1. The van der Waals surface area contributed by atoms with E-state index < -0.39 is 22.5 Å². The van der Waals surface area contributed by atoms with Gasteiger partial charge in [-0.15, -0.1) is 0 Å². The van der Waals surface area contributed by atoms with Gasteiger partial charge in [-0.05, 0) is 72.6 Å². The van der Waals surface area contributed by atoms with Gasteiger partial charge < -0.3 is 4.74 Å². The second-order valence-corrected chi connectivity index (χ2v) is 9.36. The van der Waals surface area contributed by atoms with Gasteiger partial charge in [0.05, 0.1) is 16.8 Å². The molecule has 1 N–H and O–H groups in total. The van der Waals surface area contributed by atoms with Gasteiger partial charge in [0, 0.05) is 5.02 Å². The number of aryl methyl sites for hydroxylation is 1. The second kappa shape index (κ2) is 11.3. The molecule has 3 aromatic carbocycles. The molecule has 0 spiro atoms. The molecule has 0 bridgehead atoms. The highest BCUT2D eigenvalue weighted by molar-refractivity contribution is 7.92. The molecule has 0 saturated carbocycles. The summed E-state index contributed by atoms with van der Waals surface area (Å²) >= 11 is 6.03. The molecule has 0 radical (unpaired) electrons. The number of hydrogen-bond acceptors (Lipinski definition) is 6. The van der Waals surface area contributed by atoms with E-state index in [4.69, 9.17) is 21.6 Å². The van der Waals surface area contributed by atoms with Crippen molar-refractivity contribution in [3.63, 3.8) is 0 Å². The molecule has 10 heteroatoms. The zero-order valence-electron chi connectivity index (χ0n) is 18.2. The van der Waals surface area contributed by atoms with E-state index in [2.05, 4.69) is 10.5 Å². The monoisotopic (exact) mass is 496 g/mol. The highest BCUT2D eigenvalue weighted by Crippen LogP contribution is 2.28. The van der Waals surface area contributed by atoms with E-state index in [0.717, 1.165) is 4.31 Å². The Labute approximate surface area is 203 Å². The van der Waals surface area contributed by atoms with Gasteiger partial charge in [0.1, 0.15) is 18.4 Å². The summed E-state index contributed by atoms with van der Waals surface area (Å²) in [6.45, 7) is 1.17. The minimum atomic E-state index is -4.03. The number of benzene rings is 3. The average molecular weight is 497 g/mol. The first-order chi connectivity index (χ1) is 16.3. The molecule has 0 aliphatic carbocycles. The Morgan fingerprint density at radius 1 is 1.15 bits per heavy atom. The molecule has 1 amide bonds. The first-order valence-corrected chi connectivity index (χ1v) is 11.9. The quantitative estimate of drug-likeness (QED) is 0.356. The molecular formula is C24H21ClN4O4S. The summed E-state index contributed by atoms with van der Waals surface area (Å²) in [5.41, 5.74) is 3.96. The topological polar surface area (TPSA) is 112 Å². The van der Waals surface area contributed by atoms with E-state index in [1.807, 2.05) is 6.07 Å². The van der Waals surface area contributed by atoms with E-state index in [9.17, 15) is 13.2 Å². The SMILES string of the molecule is Cc1cc(Cl)ccc1N(CC(=O)N/N=C\c1ccc(OCC#N)cc1)S(=O)(=O)c1ccccc1. The number of hydrazone groups is 1. The smallest absolute Gasteiger partial charge is 0.264 e. The van der Waals surface area contributed by atoms with Crippen LogP contribution in [0.1, 0.15) is 11.1 Å². The van der Waals surface area contributed by atoms with Crippen LogP contribution in [0.3, 0.4) is 0 Å². The van der Waals surface area contributed by atoms with Gasteiger partial charge in [0.25, 0.3) is 15.9 Å². The maximum atomic E-state index is 13.4. The Kier molecular flexibility index (Phi) is 8.24. The average Bonchev–Trinajstić information content (AvgIpc) is 2.83. The molecule has 0 aliphatic rings. The van der Waals surface area contributed by atoms with Crippen LogP contribution in [0.15, 0.2) is 82.8 Å². The van der Waals surface area contributed by atoms with Crippen LogP contribution < -0.4 is 14.5 Å². The van der Waals surface area contributed by atoms with Crippen LogP contribution in [0.5, 0.6) is 5.75 Å². The van der Waals surface area contributed by atoms with Crippen LogP contribution in [0.2, 0.25) is 5.02 Å². The lowest BCUT2D eigenvalue weighted by molar-refractivity contribution is -0.119. The van der Waals surface area contributed by atoms with E-state index in [1.165, 1.54) is 18.3 Å². The van der Waals surface area contributed by atoms with Crippen molar-refractivity contribution in [3.05, 3.63) is 88.9 Å². The molecule has 0 saturated heterocycles. The fraction of sp³-hybridized carbons (Fsp3) is 0.125. The zero-order valence-corrected chi connectivity index (χ0v) is 19.8. The number of rotatable bonds is 9. The third-order valence-corrected chi connectivity index (χ3v) is 6.64. The fourth-order valence-corrected chi connectivity index (χ4v) is 4.76. The van der Waals surface area contributed by atoms with Gasteiger partial charge in [0.2, 0.25) is 0 Å². The van der Waals surface area contributed by atoms with Crippen molar-refractivity contribution >= 4 is 39.4 Å². The molecule has 0 aromatic heterocycles. The molecule has 174 valence electrons. The lowest BCUT2D eigenvalue weighted by Crippen LogP contribution is -2.40. The van der Waals surface area contributed by atoms with Crippen LogP contribution in [0.25, 0.3) is 0 Å². The number of carbonyl (C=O) groups excluding carboxylic acids is 1. The Hall–Kier alpha value is -3.87. The summed E-state index contributed by atoms with van der Waals surface area (Å²) in [4.78, 5) is 12.7. The lowest BCUT2D eigenvalue weighted by atomic mass is 10.2. The number of nitrogens with one attached hydrogen (secondary N) is 1. The third-order valence-electron chi connectivity index (χ3n) is 4.63. The number of ether oxygens (including phenoxy) is 1. The minimum Gasteiger partial charge on any atom is -0.479 e. The van der Waals surface area contributed by atoms with E-state index in [0.29, 0.717) is 27.6 Å². The number of anilines is 1. The summed E-state index contributed by atoms with van der Waals surface area (Å²) in [5.74, 6) is -0.0955. The van der Waals surface area contributed by atoms with Gasteiger partial charge in [-0.2, -0.15) is 10.4 Å². The summed E-state index contributed by atoms with van der Waals surface area (Å²) in [5, 5.41) is 12.9. The number of amides is 1. The number of sulfonamides is 1. The van der Waals surface area contributed by atoms with Crippen molar-refractivity contribution in [2.24, 2.45) is 5.10 Å². The van der Waals surface area contributed by atoms with Gasteiger partial charge in [-0.25, -0.2) is 13.8 Å². The number of halogens is 1. The first kappa shape index (κ1) is 24.8. The van der Waals surface area contributed by atoms with Crippen molar-refractivity contribution in [1.29, 1.82) is 5.26 Å². The van der Waals surface area contributed by atoms with Crippen molar-refractivity contribution < 1.29 is 17.9 Å². The molecular weight excluding hydrogens is 476 g/mol. The largest absolute Gasteiger partial charge is 0.479 e. The van der Waals surface area contributed by atoms with Crippen LogP contribution >= 0.6 is 11.6 Å². The van der Waals surface area contributed by atoms with E-state index in [1.54, 1.807) is 67.6 Å². The Bertz CT molecular complexity index is 1320. The van der Waals surface area contributed by atoms with Gasteiger partial charge in [-0.3, -0.25) is 9.10 Å². The predicted octanol–water partition coefficient (Wildman–Crippen LogP) is 3.90. The molecule has 3 rings (SSSR count). The van der Waals surface area contributed by atoms with Gasteiger partial charge in [-0.1, -0.05) is 29.8 Å². The minimum absolute atomic E-state index is 0.0550. The van der Waals surface area contributed by atoms with Crippen LogP contribution in [-0.4, -0.2) is 33.7 Å². The number of hydrogen-bond donors (Lipinski definition) is 1. The van der Waals surface area contributed by atoms with Crippen LogP contribution in [0, 0.1) is 18.3 Å². The molecule has 0 aliphatic heterocycles. The van der Waals surface area contributed by atoms with Crippen LogP contribution in [-0.2, 0) is 14.8 Å². The molecule has 0 unspecified atom stereocenters. The zero-order chi connectivity index (χ0) is 24.6. The summed E-state index contributed by atoms with van der Waals surface area (Å²) in [6.07, 6.45) is 1.41. The maximum absolute atomic E-state index is 13.4. The molecule has 3 aromatic rings. The number of carbonyl (C=O) groups is 1. The van der Waals surface area contributed by atoms with Crippen molar-refractivity contribution in [2.75, 3.05) is 17.5 Å². The lowest BCUT2D eigenvalue weighted by Gasteiger charge is -2.25. The first-order valence-electron chi connectivity index (χ1n) is 10.1. The van der Waals surface area contributed by atoms with Gasteiger partial charge >= 0.3 is 0 Å². The molecule has 34 heavy (non-hydrogen) atoms. The highest BCUT2D eigenvalue weighted by Gasteiger charge is 2.28. The Morgan fingerprint density at radius 3 is 2.50 bits per heavy atom. The Balaban J connectivity index is 1.78. The molecule has 0 atom stereocenters.